The summed E-state index contributed by atoms with van der Waals surface area (Å²) in [5.41, 5.74) is 1.12. The van der Waals surface area contributed by atoms with E-state index in [4.69, 9.17) is 4.74 Å². The molecule has 21 heavy (non-hydrogen) atoms. The Bertz CT molecular complexity index is 644. The molecular formula is C15H20N4O2. The number of methoxy groups -OCH3 is 1. The van der Waals surface area contributed by atoms with Gasteiger partial charge in [-0.05, 0) is 44.6 Å². The fraction of sp³-hybridized carbons (Fsp3) is 0.533. The molecule has 0 N–H and O–H groups in total. The third-order valence-corrected chi connectivity index (χ3v) is 4.17. The molecule has 0 saturated carbocycles. The molecule has 6 heteroatoms. The van der Waals surface area contributed by atoms with E-state index in [1.807, 2.05) is 6.07 Å². The molecular weight excluding hydrogens is 268 g/mol. The maximum atomic E-state index is 11.8. The predicted molar refractivity (Wildman–Crippen MR) is 78.4 cm³/mol. The lowest BCUT2D eigenvalue weighted by atomic mass is 9.96. The van der Waals surface area contributed by atoms with Crippen molar-refractivity contribution in [3.8, 4) is 0 Å². The van der Waals surface area contributed by atoms with E-state index in [0.717, 1.165) is 38.3 Å². The van der Waals surface area contributed by atoms with E-state index in [1.54, 1.807) is 16.6 Å². The van der Waals surface area contributed by atoms with Crippen LogP contribution in [-0.4, -0.2) is 52.2 Å². The molecule has 2 aromatic heterocycles. The molecule has 0 bridgehead atoms. The minimum absolute atomic E-state index is 0.373. The van der Waals surface area contributed by atoms with E-state index in [9.17, 15) is 4.79 Å². The van der Waals surface area contributed by atoms with Crippen molar-refractivity contribution in [2.75, 3.05) is 26.7 Å². The van der Waals surface area contributed by atoms with Crippen molar-refractivity contribution in [1.29, 1.82) is 0 Å². The summed E-state index contributed by atoms with van der Waals surface area (Å²) in [6, 6.07) is 5.38. The van der Waals surface area contributed by atoms with Crippen molar-refractivity contribution in [3.05, 3.63) is 29.7 Å². The lowest BCUT2D eigenvalue weighted by Crippen LogP contribution is -2.32. The first-order chi connectivity index (χ1) is 10.2. The highest BCUT2D eigenvalue weighted by Crippen LogP contribution is 2.26. The number of hydrogen-bond donors (Lipinski definition) is 0. The molecule has 3 heterocycles. The topological polar surface area (TPSA) is 59.7 Å². The van der Waals surface area contributed by atoms with Gasteiger partial charge in [-0.15, -0.1) is 0 Å². The Morgan fingerprint density at radius 1 is 1.38 bits per heavy atom. The highest BCUT2D eigenvalue weighted by atomic mass is 16.5. The van der Waals surface area contributed by atoms with Crippen molar-refractivity contribution in [2.24, 2.45) is 0 Å². The van der Waals surface area contributed by atoms with Gasteiger partial charge in [0.15, 0.2) is 17.2 Å². The lowest BCUT2D eigenvalue weighted by molar-refractivity contribution is 0.0590. The van der Waals surface area contributed by atoms with Gasteiger partial charge in [-0.3, -0.25) is 0 Å². The molecule has 0 aliphatic carbocycles. The Balaban J connectivity index is 1.89. The Hall–Kier alpha value is -1.95. The van der Waals surface area contributed by atoms with Crippen LogP contribution < -0.4 is 0 Å². The van der Waals surface area contributed by atoms with Gasteiger partial charge in [0.05, 0.1) is 7.11 Å². The SMILES string of the molecule is CCN1CCC(c2nc3cccc(C(=O)OC)n3n2)CC1. The average Bonchev–Trinajstić information content (AvgIpc) is 2.98. The third kappa shape index (κ3) is 2.63. The van der Waals surface area contributed by atoms with Gasteiger partial charge in [-0.2, -0.15) is 5.10 Å². The molecule has 3 rings (SSSR count). The molecule has 6 nitrogen and oxygen atoms in total. The molecule has 0 atom stereocenters. The molecule has 0 aromatic carbocycles. The van der Waals surface area contributed by atoms with Gasteiger partial charge in [0, 0.05) is 5.92 Å². The van der Waals surface area contributed by atoms with Gasteiger partial charge in [-0.1, -0.05) is 13.0 Å². The average molecular weight is 288 g/mol. The molecule has 0 spiro atoms. The maximum absolute atomic E-state index is 11.8. The van der Waals surface area contributed by atoms with Crippen LogP contribution in [0.2, 0.25) is 0 Å². The summed E-state index contributed by atoms with van der Waals surface area (Å²) in [6.45, 7) is 5.45. The quantitative estimate of drug-likeness (QED) is 0.805. The first-order valence-corrected chi connectivity index (χ1v) is 7.39. The first-order valence-electron chi connectivity index (χ1n) is 7.39. The summed E-state index contributed by atoms with van der Waals surface area (Å²) in [5.74, 6) is 0.818. The van der Waals surface area contributed by atoms with Gasteiger partial charge < -0.3 is 9.64 Å². The van der Waals surface area contributed by atoms with E-state index in [-0.39, 0.29) is 0 Å². The van der Waals surface area contributed by atoms with Crippen molar-refractivity contribution < 1.29 is 9.53 Å². The maximum Gasteiger partial charge on any atom is 0.356 e. The van der Waals surface area contributed by atoms with Crippen LogP contribution in [-0.2, 0) is 4.74 Å². The molecule has 1 aliphatic rings. The van der Waals surface area contributed by atoms with Gasteiger partial charge in [0.1, 0.15) is 0 Å². The minimum Gasteiger partial charge on any atom is -0.464 e. The predicted octanol–water partition coefficient (Wildman–Crippen LogP) is 1.72. The summed E-state index contributed by atoms with van der Waals surface area (Å²) in [6.07, 6.45) is 2.14. The summed E-state index contributed by atoms with van der Waals surface area (Å²) in [5, 5.41) is 4.54. The number of rotatable bonds is 3. The second kappa shape index (κ2) is 5.81. The molecule has 0 radical (unpaired) electrons. The number of ether oxygens (including phenoxy) is 1. The fourth-order valence-electron chi connectivity index (χ4n) is 2.86. The van der Waals surface area contributed by atoms with E-state index in [1.165, 1.54) is 7.11 Å². The molecule has 2 aromatic rings. The zero-order valence-corrected chi connectivity index (χ0v) is 12.5. The smallest absolute Gasteiger partial charge is 0.356 e. The van der Waals surface area contributed by atoms with E-state index >= 15 is 0 Å². The van der Waals surface area contributed by atoms with Crippen molar-refractivity contribution in [1.82, 2.24) is 19.5 Å². The number of hydrogen-bond acceptors (Lipinski definition) is 5. The Labute approximate surface area is 123 Å². The lowest BCUT2D eigenvalue weighted by Gasteiger charge is -2.29. The molecule has 1 saturated heterocycles. The zero-order chi connectivity index (χ0) is 14.8. The number of nitrogens with zero attached hydrogens (tertiary/aromatic N) is 4. The molecule has 1 aliphatic heterocycles. The number of esters is 1. The molecule has 0 unspecified atom stereocenters. The van der Waals surface area contributed by atoms with Crippen molar-refractivity contribution >= 4 is 11.6 Å². The number of carbonyl (C=O) groups excluding carboxylic acids is 1. The van der Waals surface area contributed by atoms with Crippen molar-refractivity contribution in [2.45, 2.75) is 25.7 Å². The minimum atomic E-state index is -0.391. The second-order valence-corrected chi connectivity index (χ2v) is 5.35. The van der Waals surface area contributed by atoms with E-state index in [2.05, 4.69) is 21.9 Å². The highest BCUT2D eigenvalue weighted by molar-refractivity contribution is 5.88. The summed E-state index contributed by atoms with van der Waals surface area (Å²) in [4.78, 5) is 18.8. The number of aromatic nitrogens is 3. The van der Waals surface area contributed by atoms with E-state index in [0.29, 0.717) is 17.3 Å². The number of pyridine rings is 1. The Kier molecular flexibility index (Phi) is 3.88. The second-order valence-electron chi connectivity index (χ2n) is 5.35. The van der Waals surface area contributed by atoms with Crippen LogP contribution in [0.4, 0.5) is 0 Å². The van der Waals surface area contributed by atoms with Gasteiger partial charge in [0.25, 0.3) is 0 Å². The van der Waals surface area contributed by atoms with Crippen LogP contribution in [0.5, 0.6) is 0 Å². The van der Waals surface area contributed by atoms with E-state index < -0.39 is 5.97 Å². The van der Waals surface area contributed by atoms with Crippen molar-refractivity contribution in [3.63, 3.8) is 0 Å². The zero-order valence-electron chi connectivity index (χ0n) is 12.5. The summed E-state index contributed by atoms with van der Waals surface area (Å²) in [7, 11) is 1.37. The van der Waals surface area contributed by atoms with Crippen LogP contribution in [0.15, 0.2) is 18.2 Å². The number of fused-ring (bicyclic) bond motifs is 1. The number of piperidine rings is 1. The standard InChI is InChI=1S/C15H20N4O2/c1-3-18-9-7-11(8-10-18)14-16-13-6-4-5-12(15(20)21-2)19(13)17-14/h4-6,11H,3,7-10H2,1-2H3. The number of likely N-dealkylation sites (tertiary alicyclic amines) is 1. The molecule has 0 amide bonds. The van der Waals surface area contributed by atoms with Gasteiger partial charge in [0.2, 0.25) is 0 Å². The first kappa shape index (κ1) is 14.0. The van der Waals surface area contributed by atoms with Gasteiger partial charge >= 0.3 is 5.97 Å². The molecule has 1 fully saturated rings. The summed E-state index contributed by atoms with van der Waals surface area (Å²) >= 11 is 0. The Morgan fingerprint density at radius 3 is 2.81 bits per heavy atom. The Morgan fingerprint density at radius 2 is 2.14 bits per heavy atom. The van der Waals surface area contributed by atoms with Gasteiger partial charge in [-0.25, -0.2) is 14.3 Å². The monoisotopic (exact) mass is 288 g/mol. The summed E-state index contributed by atoms with van der Waals surface area (Å²) < 4.78 is 6.38. The van der Waals surface area contributed by atoms with Crippen LogP contribution in [0.3, 0.4) is 0 Å². The van der Waals surface area contributed by atoms with Crippen LogP contribution in [0.25, 0.3) is 5.65 Å². The third-order valence-electron chi connectivity index (χ3n) is 4.17. The van der Waals surface area contributed by atoms with Crippen LogP contribution in [0.1, 0.15) is 42.0 Å². The highest BCUT2D eigenvalue weighted by Gasteiger charge is 2.24. The molecule has 112 valence electrons. The largest absolute Gasteiger partial charge is 0.464 e. The van der Waals surface area contributed by atoms with Crippen LogP contribution >= 0.6 is 0 Å². The fourth-order valence-corrected chi connectivity index (χ4v) is 2.86. The normalized spacial score (nSPS) is 17.2. The number of carbonyl (C=O) groups is 1. The van der Waals surface area contributed by atoms with Crippen LogP contribution in [0, 0.1) is 0 Å².